The number of hydrogen-bond acceptors (Lipinski definition) is 2. The molecule has 0 aromatic carbocycles. The van der Waals surface area contributed by atoms with Gasteiger partial charge < -0.3 is 10.2 Å². The summed E-state index contributed by atoms with van der Waals surface area (Å²) in [5, 5.41) is 18.4. The van der Waals surface area contributed by atoms with E-state index in [4.69, 9.17) is 5.11 Å². The molecule has 17 heavy (non-hydrogen) atoms. The lowest BCUT2D eigenvalue weighted by Gasteiger charge is -2.47. The van der Waals surface area contributed by atoms with Crippen LogP contribution in [0.5, 0.6) is 0 Å². The van der Waals surface area contributed by atoms with Crippen LogP contribution in [0.1, 0.15) is 52.4 Å². The normalized spacial score (nSPS) is 43.1. The van der Waals surface area contributed by atoms with Gasteiger partial charge in [0.1, 0.15) is 0 Å². The van der Waals surface area contributed by atoms with Crippen molar-refractivity contribution in [3.05, 3.63) is 0 Å². The van der Waals surface area contributed by atoms with Crippen LogP contribution in [0.15, 0.2) is 0 Å². The smallest absolute Gasteiger partial charge is 0.332 e. The van der Waals surface area contributed by atoms with Crippen LogP contribution in [0.25, 0.3) is 0 Å². The summed E-state index contributed by atoms with van der Waals surface area (Å²) in [5.41, 5.74) is 0.0333. The number of aliphatic hydroxyl groups excluding tert-OH is 1. The molecule has 0 aromatic heterocycles. The van der Waals surface area contributed by atoms with Crippen LogP contribution in [-0.4, -0.2) is 22.3 Å². The maximum Gasteiger partial charge on any atom is 0.332 e. The summed E-state index contributed by atoms with van der Waals surface area (Å²) in [6.07, 6.45) is 5.32. The molecule has 2 saturated carbocycles. The molecule has 0 amide bonds. The van der Waals surface area contributed by atoms with Gasteiger partial charge in [0.25, 0.3) is 0 Å². The Bertz CT molecular complexity index is 282. The van der Waals surface area contributed by atoms with Gasteiger partial charge in [-0.05, 0) is 61.7 Å². The molecule has 0 heterocycles. The molecule has 3 atom stereocenters. The van der Waals surface area contributed by atoms with Crippen molar-refractivity contribution in [2.75, 3.05) is 0 Å². The predicted molar refractivity (Wildman–Crippen MR) is 65.6 cm³/mol. The molecule has 0 spiro atoms. The van der Waals surface area contributed by atoms with Crippen LogP contribution < -0.4 is 0 Å². The number of fused-ring (bicyclic) bond motifs is 2. The molecule has 98 valence electrons. The molecule has 2 fully saturated rings. The van der Waals surface area contributed by atoms with Crippen molar-refractivity contribution < 1.29 is 15.0 Å². The molecule has 0 radical (unpaired) electrons. The Morgan fingerprint density at radius 2 is 1.82 bits per heavy atom. The second-order valence-electron chi connectivity index (χ2n) is 6.82. The first kappa shape index (κ1) is 12.9. The van der Waals surface area contributed by atoms with Gasteiger partial charge in [0.05, 0.1) is 0 Å². The SMILES string of the molecule is CC1CC2CC(C1)CC(C)(CC(O)C(=O)O)C2. The van der Waals surface area contributed by atoms with Crippen molar-refractivity contribution in [1.29, 1.82) is 0 Å². The standard InChI is InChI=1S/C14H24O3/c1-9-3-10-5-11(4-9)7-14(2,6-10)8-12(15)13(16)17/h9-12,15H,3-8H2,1-2H3,(H,16,17). The van der Waals surface area contributed by atoms with E-state index in [2.05, 4.69) is 13.8 Å². The first-order chi connectivity index (χ1) is 7.88. The molecule has 2 rings (SSSR count). The Kier molecular flexibility index (Phi) is 3.48. The van der Waals surface area contributed by atoms with Gasteiger partial charge in [-0.15, -0.1) is 0 Å². The maximum absolute atomic E-state index is 10.8. The van der Waals surface area contributed by atoms with Gasteiger partial charge in [-0.1, -0.05) is 13.8 Å². The molecular weight excluding hydrogens is 216 g/mol. The predicted octanol–water partition coefficient (Wildman–Crippen LogP) is 2.67. The van der Waals surface area contributed by atoms with Gasteiger partial charge in [0.15, 0.2) is 6.10 Å². The summed E-state index contributed by atoms with van der Waals surface area (Å²) in [5.74, 6) is 1.26. The minimum Gasteiger partial charge on any atom is -0.479 e. The third kappa shape index (κ3) is 3.01. The van der Waals surface area contributed by atoms with E-state index in [0.29, 0.717) is 6.42 Å². The molecule has 0 saturated heterocycles. The molecule has 2 aliphatic carbocycles. The third-order valence-corrected chi connectivity index (χ3v) is 4.67. The number of hydrogen-bond donors (Lipinski definition) is 2. The molecular formula is C14H24O3. The first-order valence-corrected chi connectivity index (χ1v) is 6.79. The average Bonchev–Trinajstić information content (AvgIpc) is 2.13. The Morgan fingerprint density at radius 3 is 2.29 bits per heavy atom. The zero-order valence-electron chi connectivity index (χ0n) is 10.9. The highest BCUT2D eigenvalue weighted by atomic mass is 16.4. The number of aliphatic carboxylic acids is 1. The lowest BCUT2D eigenvalue weighted by Crippen LogP contribution is -2.39. The van der Waals surface area contributed by atoms with E-state index in [9.17, 15) is 9.90 Å². The molecule has 3 heteroatoms. The van der Waals surface area contributed by atoms with Crippen LogP contribution in [0, 0.1) is 23.2 Å². The zero-order chi connectivity index (χ0) is 12.6. The Labute approximate surface area is 103 Å². The number of rotatable bonds is 3. The van der Waals surface area contributed by atoms with Crippen LogP contribution >= 0.6 is 0 Å². The Morgan fingerprint density at radius 1 is 1.29 bits per heavy atom. The van der Waals surface area contributed by atoms with Crippen LogP contribution in [0.4, 0.5) is 0 Å². The van der Waals surface area contributed by atoms with E-state index in [1.54, 1.807) is 0 Å². The first-order valence-electron chi connectivity index (χ1n) is 6.79. The second kappa shape index (κ2) is 4.60. The van der Waals surface area contributed by atoms with Gasteiger partial charge in [-0.2, -0.15) is 0 Å². The van der Waals surface area contributed by atoms with Gasteiger partial charge in [-0.25, -0.2) is 4.79 Å². The fourth-order valence-electron chi connectivity index (χ4n) is 4.43. The maximum atomic E-state index is 10.8. The van der Waals surface area contributed by atoms with E-state index >= 15 is 0 Å². The van der Waals surface area contributed by atoms with Gasteiger partial charge in [0.2, 0.25) is 0 Å². The summed E-state index contributed by atoms with van der Waals surface area (Å²) in [6.45, 7) is 4.49. The van der Waals surface area contributed by atoms with Crippen LogP contribution in [-0.2, 0) is 4.79 Å². The summed E-state index contributed by atoms with van der Waals surface area (Å²) in [7, 11) is 0. The minimum atomic E-state index is -1.18. The van der Waals surface area contributed by atoms with Crippen molar-refractivity contribution in [3.8, 4) is 0 Å². The lowest BCUT2D eigenvalue weighted by atomic mass is 9.58. The van der Waals surface area contributed by atoms with Gasteiger partial charge >= 0.3 is 5.97 Å². The quantitative estimate of drug-likeness (QED) is 0.797. The van der Waals surface area contributed by atoms with Crippen molar-refractivity contribution in [3.63, 3.8) is 0 Å². The average molecular weight is 240 g/mol. The van der Waals surface area contributed by atoms with Crippen molar-refractivity contribution in [1.82, 2.24) is 0 Å². The summed E-state index contributed by atoms with van der Waals surface area (Å²) in [6, 6.07) is 0. The summed E-state index contributed by atoms with van der Waals surface area (Å²) < 4.78 is 0. The Hall–Kier alpha value is -0.570. The van der Waals surface area contributed by atoms with E-state index in [-0.39, 0.29) is 5.41 Å². The Balaban J connectivity index is 2.00. The summed E-state index contributed by atoms with van der Waals surface area (Å²) in [4.78, 5) is 10.8. The highest BCUT2D eigenvalue weighted by Crippen LogP contribution is 2.51. The van der Waals surface area contributed by atoms with E-state index in [1.165, 1.54) is 19.3 Å². The molecule has 3 unspecified atom stereocenters. The fourth-order valence-corrected chi connectivity index (χ4v) is 4.43. The van der Waals surface area contributed by atoms with E-state index < -0.39 is 12.1 Å². The summed E-state index contributed by atoms with van der Waals surface area (Å²) >= 11 is 0. The molecule has 2 N–H and O–H groups in total. The fraction of sp³-hybridized carbons (Fsp3) is 0.929. The van der Waals surface area contributed by atoms with E-state index in [1.807, 2.05) is 0 Å². The van der Waals surface area contributed by atoms with Crippen LogP contribution in [0.3, 0.4) is 0 Å². The highest BCUT2D eigenvalue weighted by Gasteiger charge is 2.42. The van der Waals surface area contributed by atoms with Crippen molar-refractivity contribution >= 4 is 5.97 Å². The van der Waals surface area contributed by atoms with Crippen molar-refractivity contribution in [2.45, 2.75) is 58.5 Å². The van der Waals surface area contributed by atoms with E-state index in [0.717, 1.165) is 30.6 Å². The number of carboxylic acid groups (broad SMARTS) is 1. The molecule has 2 bridgehead atoms. The second-order valence-corrected chi connectivity index (χ2v) is 6.82. The molecule has 0 aromatic rings. The number of carboxylic acids is 1. The number of carbonyl (C=O) groups is 1. The topological polar surface area (TPSA) is 57.5 Å². The molecule has 0 aliphatic heterocycles. The lowest BCUT2D eigenvalue weighted by molar-refractivity contribution is -0.149. The monoisotopic (exact) mass is 240 g/mol. The molecule has 3 nitrogen and oxygen atoms in total. The minimum absolute atomic E-state index is 0.0333. The number of aliphatic hydroxyl groups is 1. The zero-order valence-corrected chi connectivity index (χ0v) is 10.9. The largest absolute Gasteiger partial charge is 0.479 e. The third-order valence-electron chi connectivity index (χ3n) is 4.67. The molecule has 2 aliphatic rings. The highest BCUT2D eigenvalue weighted by molar-refractivity contribution is 5.71. The van der Waals surface area contributed by atoms with Crippen LogP contribution in [0.2, 0.25) is 0 Å². The van der Waals surface area contributed by atoms with Crippen molar-refractivity contribution in [2.24, 2.45) is 23.2 Å². The van der Waals surface area contributed by atoms with Gasteiger partial charge in [-0.3, -0.25) is 0 Å². The van der Waals surface area contributed by atoms with Gasteiger partial charge in [0, 0.05) is 0 Å².